The molecule has 0 bridgehead atoms. The Morgan fingerprint density at radius 3 is 2.03 bits per heavy atom. The average Bonchev–Trinajstić information content (AvgIpc) is 3.07. The van der Waals surface area contributed by atoms with Crippen LogP contribution in [0.15, 0.2) is 48.5 Å². The van der Waals surface area contributed by atoms with Crippen LogP contribution in [0, 0.1) is 5.92 Å². The standard InChI is InChI=1S/C25H29N3O4/c1-17(2)16-21(28-23(29)18-8-4-5-9-19(18)24(28)30)25(31)27-14-12-26(13-15-27)20-10-6-7-11-22(20)32-3/h4-11,17,21H,12-16H2,1-3H3. The van der Waals surface area contributed by atoms with Crippen LogP contribution >= 0.6 is 0 Å². The minimum absolute atomic E-state index is 0.156. The van der Waals surface area contributed by atoms with Crippen molar-refractivity contribution >= 4 is 23.4 Å². The number of amides is 3. The van der Waals surface area contributed by atoms with Gasteiger partial charge in [-0.1, -0.05) is 38.1 Å². The van der Waals surface area contributed by atoms with Crippen molar-refractivity contribution in [3.05, 3.63) is 59.7 Å². The van der Waals surface area contributed by atoms with Crippen LogP contribution < -0.4 is 9.64 Å². The normalized spacial score (nSPS) is 17.1. The van der Waals surface area contributed by atoms with E-state index in [2.05, 4.69) is 4.90 Å². The number of hydrogen-bond acceptors (Lipinski definition) is 5. The SMILES string of the molecule is COc1ccccc1N1CCN(C(=O)C(CC(C)C)N2C(=O)c3ccccc3C2=O)CC1. The van der Waals surface area contributed by atoms with Gasteiger partial charge in [0.05, 0.1) is 23.9 Å². The summed E-state index contributed by atoms with van der Waals surface area (Å²) in [5.41, 5.74) is 1.75. The molecule has 4 rings (SSSR count). The Morgan fingerprint density at radius 1 is 0.906 bits per heavy atom. The summed E-state index contributed by atoms with van der Waals surface area (Å²) in [5.74, 6) is 0.0431. The number of carbonyl (C=O) groups is 3. The Bertz CT molecular complexity index is 992. The van der Waals surface area contributed by atoms with Crippen LogP contribution in [0.1, 0.15) is 41.0 Å². The molecule has 2 aromatic rings. The van der Waals surface area contributed by atoms with Gasteiger partial charge in [-0.25, -0.2) is 0 Å². The Hall–Kier alpha value is -3.35. The predicted molar refractivity (Wildman–Crippen MR) is 122 cm³/mol. The molecule has 7 nitrogen and oxygen atoms in total. The molecule has 3 amide bonds. The number of nitrogens with zero attached hydrogens (tertiary/aromatic N) is 3. The molecule has 0 N–H and O–H groups in total. The first-order valence-electron chi connectivity index (χ1n) is 11.1. The number of para-hydroxylation sites is 2. The van der Waals surface area contributed by atoms with Crippen molar-refractivity contribution in [3.8, 4) is 5.75 Å². The molecule has 32 heavy (non-hydrogen) atoms. The maximum Gasteiger partial charge on any atom is 0.262 e. The zero-order valence-electron chi connectivity index (χ0n) is 18.8. The van der Waals surface area contributed by atoms with Gasteiger partial charge in [-0.2, -0.15) is 0 Å². The molecule has 2 aromatic carbocycles. The Labute approximate surface area is 188 Å². The summed E-state index contributed by atoms with van der Waals surface area (Å²) >= 11 is 0. The third-order valence-corrected chi connectivity index (χ3v) is 6.13. The fourth-order valence-corrected chi connectivity index (χ4v) is 4.52. The third kappa shape index (κ3) is 3.95. The van der Waals surface area contributed by atoms with Crippen molar-refractivity contribution in [1.82, 2.24) is 9.80 Å². The quantitative estimate of drug-likeness (QED) is 0.653. The van der Waals surface area contributed by atoms with Crippen LogP contribution in [0.4, 0.5) is 5.69 Å². The van der Waals surface area contributed by atoms with Crippen LogP contribution in [0.25, 0.3) is 0 Å². The van der Waals surface area contributed by atoms with Crippen molar-refractivity contribution in [1.29, 1.82) is 0 Å². The number of hydrogen-bond donors (Lipinski definition) is 0. The number of carbonyl (C=O) groups excluding carboxylic acids is 3. The molecule has 168 valence electrons. The number of rotatable bonds is 6. The highest BCUT2D eigenvalue weighted by molar-refractivity contribution is 6.22. The maximum atomic E-state index is 13.6. The molecule has 0 aromatic heterocycles. The minimum atomic E-state index is -0.791. The summed E-state index contributed by atoms with van der Waals surface area (Å²) in [4.78, 5) is 44.8. The smallest absolute Gasteiger partial charge is 0.262 e. The van der Waals surface area contributed by atoms with Gasteiger partial charge in [-0.05, 0) is 36.6 Å². The lowest BCUT2D eigenvalue weighted by Crippen LogP contribution is -2.56. The topological polar surface area (TPSA) is 70.2 Å². The monoisotopic (exact) mass is 435 g/mol. The van der Waals surface area contributed by atoms with E-state index in [0.29, 0.717) is 43.7 Å². The number of anilines is 1. The highest BCUT2D eigenvalue weighted by atomic mass is 16.5. The zero-order chi connectivity index (χ0) is 22.8. The summed E-state index contributed by atoms with van der Waals surface area (Å²) < 4.78 is 5.47. The van der Waals surface area contributed by atoms with Crippen molar-refractivity contribution in [3.63, 3.8) is 0 Å². The minimum Gasteiger partial charge on any atom is -0.495 e. The number of piperazine rings is 1. The van der Waals surface area contributed by atoms with E-state index in [1.54, 1.807) is 36.3 Å². The van der Waals surface area contributed by atoms with E-state index >= 15 is 0 Å². The zero-order valence-corrected chi connectivity index (χ0v) is 18.8. The van der Waals surface area contributed by atoms with Gasteiger partial charge in [0.25, 0.3) is 11.8 Å². The van der Waals surface area contributed by atoms with Crippen molar-refractivity contribution in [2.24, 2.45) is 5.92 Å². The fourth-order valence-electron chi connectivity index (χ4n) is 4.52. The van der Waals surface area contributed by atoms with E-state index in [9.17, 15) is 14.4 Å². The van der Waals surface area contributed by atoms with Gasteiger partial charge in [0, 0.05) is 26.2 Å². The molecule has 0 spiro atoms. The average molecular weight is 436 g/mol. The Kier molecular flexibility index (Phi) is 6.17. The molecule has 7 heteroatoms. The van der Waals surface area contributed by atoms with E-state index in [1.807, 2.05) is 38.1 Å². The van der Waals surface area contributed by atoms with Gasteiger partial charge >= 0.3 is 0 Å². The molecule has 2 aliphatic rings. The molecule has 2 heterocycles. The second kappa shape index (κ2) is 9.02. The lowest BCUT2D eigenvalue weighted by Gasteiger charge is -2.39. The lowest BCUT2D eigenvalue weighted by molar-refractivity contribution is -0.136. The molecule has 0 saturated carbocycles. The molecule has 0 aliphatic carbocycles. The number of ether oxygens (including phenoxy) is 1. The summed E-state index contributed by atoms with van der Waals surface area (Å²) in [6.45, 7) is 6.35. The van der Waals surface area contributed by atoms with E-state index < -0.39 is 6.04 Å². The number of fused-ring (bicyclic) bond motifs is 1. The first-order valence-corrected chi connectivity index (χ1v) is 11.1. The highest BCUT2D eigenvalue weighted by Crippen LogP contribution is 2.30. The van der Waals surface area contributed by atoms with Crippen LogP contribution in [-0.2, 0) is 4.79 Å². The second-order valence-electron chi connectivity index (χ2n) is 8.66. The van der Waals surface area contributed by atoms with E-state index in [-0.39, 0.29) is 23.6 Å². The first-order chi connectivity index (χ1) is 15.4. The first kappa shape index (κ1) is 21.9. The largest absolute Gasteiger partial charge is 0.495 e. The molecule has 1 unspecified atom stereocenters. The number of imide groups is 1. The molecular formula is C25H29N3O4. The second-order valence-corrected chi connectivity index (χ2v) is 8.66. The van der Waals surface area contributed by atoms with Gasteiger partial charge in [0.2, 0.25) is 5.91 Å². The van der Waals surface area contributed by atoms with Crippen molar-refractivity contribution in [2.75, 3.05) is 38.2 Å². The van der Waals surface area contributed by atoms with Crippen LogP contribution in [-0.4, -0.2) is 66.9 Å². The highest BCUT2D eigenvalue weighted by Gasteiger charge is 2.44. The lowest BCUT2D eigenvalue weighted by atomic mass is 10.0. The van der Waals surface area contributed by atoms with Crippen molar-refractivity contribution in [2.45, 2.75) is 26.3 Å². The summed E-state index contributed by atoms with van der Waals surface area (Å²) in [7, 11) is 1.65. The van der Waals surface area contributed by atoms with Gasteiger partial charge in [0.1, 0.15) is 11.8 Å². The number of benzene rings is 2. The fraction of sp³-hybridized carbons (Fsp3) is 0.400. The van der Waals surface area contributed by atoms with E-state index in [4.69, 9.17) is 4.74 Å². The van der Waals surface area contributed by atoms with E-state index in [1.165, 1.54) is 4.90 Å². The molecule has 1 atom stereocenters. The Balaban J connectivity index is 1.51. The van der Waals surface area contributed by atoms with Crippen molar-refractivity contribution < 1.29 is 19.1 Å². The van der Waals surface area contributed by atoms with E-state index in [0.717, 1.165) is 11.4 Å². The van der Waals surface area contributed by atoms with Gasteiger partial charge in [-0.15, -0.1) is 0 Å². The molecule has 2 aliphatic heterocycles. The van der Waals surface area contributed by atoms with Crippen LogP contribution in [0.2, 0.25) is 0 Å². The van der Waals surface area contributed by atoms with Crippen LogP contribution in [0.5, 0.6) is 5.75 Å². The van der Waals surface area contributed by atoms with Gasteiger partial charge < -0.3 is 14.5 Å². The predicted octanol–water partition coefficient (Wildman–Crippen LogP) is 3.05. The van der Waals surface area contributed by atoms with Crippen LogP contribution in [0.3, 0.4) is 0 Å². The Morgan fingerprint density at radius 2 is 1.47 bits per heavy atom. The molecular weight excluding hydrogens is 406 g/mol. The third-order valence-electron chi connectivity index (χ3n) is 6.13. The summed E-state index contributed by atoms with van der Waals surface area (Å²) in [6.07, 6.45) is 0.441. The maximum absolute atomic E-state index is 13.6. The molecule has 1 saturated heterocycles. The molecule has 1 fully saturated rings. The summed E-state index contributed by atoms with van der Waals surface area (Å²) in [5, 5.41) is 0. The molecule has 0 radical (unpaired) electrons. The van der Waals surface area contributed by atoms with Gasteiger partial charge in [0.15, 0.2) is 0 Å². The van der Waals surface area contributed by atoms with Gasteiger partial charge in [-0.3, -0.25) is 19.3 Å². The summed E-state index contributed by atoms with van der Waals surface area (Å²) in [6, 6.07) is 13.8. The number of methoxy groups -OCH3 is 1.